The molecule has 0 amide bonds. The Balaban J connectivity index is -0.00000180. The van der Waals surface area contributed by atoms with Gasteiger partial charge >= 0.3 is 41.5 Å². The van der Waals surface area contributed by atoms with Crippen LogP contribution in [-0.2, 0) is 14.3 Å². The van der Waals surface area contributed by atoms with Crippen LogP contribution in [0.25, 0.3) is 0 Å². The van der Waals surface area contributed by atoms with Crippen molar-refractivity contribution >= 4 is 11.9 Å². The zero-order chi connectivity index (χ0) is 15.4. The molecule has 0 aromatic heterocycles. The molecule has 0 saturated heterocycles. The predicted molar refractivity (Wildman–Crippen MR) is 82.3 cm³/mol. The van der Waals surface area contributed by atoms with E-state index in [9.17, 15) is 9.59 Å². The molecule has 21 heavy (non-hydrogen) atoms. The van der Waals surface area contributed by atoms with Crippen LogP contribution in [0.4, 0.5) is 0 Å². The third kappa shape index (κ3) is 12.3. The molecule has 5 heteroatoms. The summed E-state index contributed by atoms with van der Waals surface area (Å²) in [7, 11) is 0. The predicted octanol–water partition coefficient (Wildman–Crippen LogP) is 0.687. The second kappa shape index (κ2) is 15.0. The quantitative estimate of drug-likeness (QED) is 0.264. The van der Waals surface area contributed by atoms with Gasteiger partial charge in [-0.15, -0.1) is 0 Å². The first-order valence-corrected chi connectivity index (χ1v) is 8.03. The Bertz CT molecular complexity index is 291. The zero-order valence-corrected chi connectivity index (χ0v) is 16.3. The number of hydrogen-bond acceptors (Lipinski definition) is 4. The summed E-state index contributed by atoms with van der Waals surface area (Å²) in [5.74, 6) is -0.997. The van der Waals surface area contributed by atoms with E-state index in [0.717, 1.165) is 25.7 Å². The molecule has 0 radical (unpaired) electrons. The molecule has 0 aromatic rings. The van der Waals surface area contributed by atoms with Gasteiger partial charge < -0.3 is 11.9 Å². The van der Waals surface area contributed by atoms with Gasteiger partial charge in [-0.25, -0.2) is 4.79 Å². The van der Waals surface area contributed by atoms with Gasteiger partial charge in [-0.2, -0.15) is 0 Å². The Hall–Kier alpha value is 0.1000. The second-order valence-corrected chi connectivity index (χ2v) is 5.58. The van der Waals surface area contributed by atoms with Crippen LogP contribution < -0.4 is 35.3 Å². The third-order valence-electron chi connectivity index (χ3n) is 3.73. The fourth-order valence-electron chi connectivity index (χ4n) is 1.94. The van der Waals surface area contributed by atoms with Crippen LogP contribution in [0.15, 0.2) is 0 Å². The topological polar surface area (TPSA) is 69.4 Å². The van der Waals surface area contributed by atoms with Crippen molar-refractivity contribution in [2.75, 3.05) is 0 Å². The normalized spacial score (nSPS) is 13.1. The van der Waals surface area contributed by atoms with Gasteiger partial charge in [0.15, 0.2) is 0 Å². The van der Waals surface area contributed by atoms with Crippen molar-refractivity contribution in [2.24, 2.45) is 11.7 Å². The summed E-state index contributed by atoms with van der Waals surface area (Å²) in [6.45, 7) is 6.03. The maximum atomic E-state index is 11.6. The van der Waals surface area contributed by atoms with Crippen LogP contribution in [-0.4, -0.2) is 18.0 Å². The Morgan fingerprint density at radius 1 is 1.05 bits per heavy atom. The first-order chi connectivity index (χ1) is 9.52. The van der Waals surface area contributed by atoms with E-state index in [-0.39, 0.29) is 36.9 Å². The number of carbonyl (C=O) groups is 2. The fourth-order valence-corrected chi connectivity index (χ4v) is 1.94. The molecule has 120 valence electrons. The number of hydrogen-bond donors (Lipinski definition) is 1. The number of rotatable bonds is 11. The summed E-state index contributed by atoms with van der Waals surface area (Å²) in [5.41, 5.74) is 5.72. The molecular formula is C16H32NNaO3. The van der Waals surface area contributed by atoms with Crippen molar-refractivity contribution in [3.05, 3.63) is 0 Å². The van der Waals surface area contributed by atoms with Crippen molar-refractivity contribution in [3.63, 3.8) is 0 Å². The molecule has 0 bridgehead atoms. The fraction of sp³-hybridized carbons (Fsp3) is 0.875. The van der Waals surface area contributed by atoms with Gasteiger partial charge in [0.25, 0.3) is 0 Å². The van der Waals surface area contributed by atoms with Crippen LogP contribution in [0.1, 0.15) is 80.0 Å². The average molecular weight is 309 g/mol. The van der Waals surface area contributed by atoms with E-state index in [1.165, 1.54) is 25.7 Å². The van der Waals surface area contributed by atoms with Gasteiger partial charge in [0, 0.05) is 6.42 Å². The molecule has 0 aliphatic carbocycles. The van der Waals surface area contributed by atoms with E-state index in [4.69, 9.17) is 10.5 Å². The molecule has 0 heterocycles. The van der Waals surface area contributed by atoms with Crippen molar-refractivity contribution < 1.29 is 45.3 Å². The van der Waals surface area contributed by atoms with Crippen LogP contribution in [0, 0.1) is 5.92 Å². The van der Waals surface area contributed by atoms with Crippen LogP contribution in [0.2, 0.25) is 0 Å². The van der Waals surface area contributed by atoms with E-state index in [0.29, 0.717) is 6.42 Å². The number of unbranched alkanes of at least 4 members (excludes halogenated alkanes) is 6. The molecule has 0 spiro atoms. The van der Waals surface area contributed by atoms with Gasteiger partial charge in [-0.3, -0.25) is 4.79 Å². The monoisotopic (exact) mass is 309 g/mol. The van der Waals surface area contributed by atoms with Crippen LogP contribution in [0.5, 0.6) is 0 Å². The van der Waals surface area contributed by atoms with Crippen LogP contribution in [0.3, 0.4) is 0 Å². The van der Waals surface area contributed by atoms with Crippen molar-refractivity contribution in [2.45, 2.75) is 84.6 Å². The maximum absolute atomic E-state index is 11.6. The average Bonchev–Trinajstić information content (AvgIpc) is 2.44. The minimum atomic E-state index is -0.696. The molecule has 0 aliphatic rings. The SMILES string of the molecule is CCCCCCCCCC(=O)OC(=O)[C@@H](N)[C@@H](C)CC.[H-].[Na+]. The minimum Gasteiger partial charge on any atom is -1.00 e. The standard InChI is InChI=1S/C16H31NO3.Na.H/c1-4-6-7-8-9-10-11-12-14(18)20-16(19)15(17)13(3)5-2;;/h13,15H,4-12,17H2,1-3H3;;/q;+1;-1/t13-,15-;;/m0../s1. The molecule has 0 unspecified atom stereocenters. The maximum Gasteiger partial charge on any atom is 1.00 e. The summed E-state index contributed by atoms with van der Waals surface area (Å²) in [5, 5.41) is 0. The third-order valence-corrected chi connectivity index (χ3v) is 3.73. The Morgan fingerprint density at radius 3 is 2.10 bits per heavy atom. The molecular weight excluding hydrogens is 277 g/mol. The molecule has 0 aromatic carbocycles. The number of carbonyl (C=O) groups excluding carboxylic acids is 2. The Kier molecular flexibility index (Phi) is 16.7. The summed E-state index contributed by atoms with van der Waals surface area (Å²) < 4.78 is 4.78. The smallest absolute Gasteiger partial charge is 1.00 e. The first-order valence-electron chi connectivity index (χ1n) is 8.03. The first kappa shape index (κ1) is 23.4. The van der Waals surface area contributed by atoms with E-state index in [1.807, 2.05) is 13.8 Å². The number of nitrogens with two attached hydrogens (primary N) is 1. The van der Waals surface area contributed by atoms with E-state index in [2.05, 4.69) is 6.92 Å². The van der Waals surface area contributed by atoms with Gasteiger partial charge in [0.2, 0.25) is 0 Å². The van der Waals surface area contributed by atoms with Crippen molar-refractivity contribution in [1.82, 2.24) is 0 Å². The van der Waals surface area contributed by atoms with Crippen LogP contribution >= 0.6 is 0 Å². The Morgan fingerprint density at radius 2 is 1.57 bits per heavy atom. The van der Waals surface area contributed by atoms with E-state index < -0.39 is 18.0 Å². The largest absolute Gasteiger partial charge is 1.00 e. The second-order valence-electron chi connectivity index (χ2n) is 5.58. The molecule has 4 nitrogen and oxygen atoms in total. The summed E-state index contributed by atoms with van der Waals surface area (Å²) in [6, 6.07) is -0.696. The molecule has 2 atom stereocenters. The Labute approximate surface area is 153 Å². The van der Waals surface area contributed by atoms with Crippen molar-refractivity contribution in [3.8, 4) is 0 Å². The van der Waals surface area contributed by atoms with Gasteiger partial charge in [0.1, 0.15) is 6.04 Å². The summed E-state index contributed by atoms with van der Waals surface area (Å²) in [4.78, 5) is 23.1. The number of ether oxygens (including phenoxy) is 1. The zero-order valence-electron chi connectivity index (χ0n) is 15.3. The summed E-state index contributed by atoms with van der Waals surface area (Å²) >= 11 is 0. The molecule has 0 saturated carbocycles. The minimum absolute atomic E-state index is 0. The van der Waals surface area contributed by atoms with Gasteiger partial charge in [0.05, 0.1) is 0 Å². The number of esters is 2. The van der Waals surface area contributed by atoms with E-state index in [1.54, 1.807) is 0 Å². The molecule has 0 fully saturated rings. The van der Waals surface area contributed by atoms with Gasteiger partial charge in [-0.05, 0) is 12.3 Å². The summed E-state index contributed by atoms with van der Waals surface area (Å²) in [6.07, 6.45) is 9.07. The molecule has 2 N–H and O–H groups in total. The van der Waals surface area contributed by atoms with E-state index >= 15 is 0 Å². The molecule has 0 aliphatic heterocycles. The van der Waals surface area contributed by atoms with Gasteiger partial charge in [-0.1, -0.05) is 65.7 Å². The van der Waals surface area contributed by atoms with Crippen molar-refractivity contribution in [1.29, 1.82) is 0 Å². The molecule has 0 rings (SSSR count).